The number of anilines is 2. The Labute approximate surface area is 161 Å². The van der Waals surface area contributed by atoms with Gasteiger partial charge in [0.1, 0.15) is 0 Å². The van der Waals surface area contributed by atoms with Crippen molar-refractivity contribution in [1.29, 1.82) is 0 Å². The van der Waals surface area contributed by atoms with Crippen LogP contribution in [0.1, 0.15) is 29.5 Å². The number of rotatable bonds is 6. The van der Waals surface area contributed by atoms with Crippen molar-refractivity contribution in [3.8, 4) is 0 Å². The highest BCUT2D eigenvalue weighted by Crippen LogP contribution is 2.26. The van der Waals surface area contributed by atoms with Gasteiger partial charge in [-0.15, -0.1) is 0 Å². The summed E-state index contributed by atoms with van der Waals surface area (Å²) in [6, 6.07) is 11.0. The third kappa shape index (κ3) is 4.50. The quantitative estimate of drug-likeness (QED) is 0.827. The number of amides is 1. The molecule has 0 fully saturated rings. The zero-order valence-electron chi connectivity index (χ0n) is 16.1. The molecule has 0 radical (unpaired) electrons. The first kappa shape index (κ1) is 19.4. The van der Waals surface area contributed by atoms with E-state index in [4.69, 9.17) is 0 Å². The van der Waals surface area contributed by atoms with Crippen molar-refractivity contribution >= 4 is 27.1 Å². The fourth-order valence-electron chi connectivity index (χ4n) is 3.55. The summed E-state index contributed by atoms with van der Waals surface area (Å²) < 4.78 is 25.2. The van der Waals surface area contributed by atoms with Crippen LogP contribution in [0.25, 0.3) is 0 Å². The first-order chi connectivity index (χ1) is 12.8. The normalized spacial score (nSPS) is 13.3. The molecule has 6 heteroatoms. The Morgan fingerprint density at radius 2 is 1.81 bits per heavy atom. The Morgan fingerprint density at radius 3 is 2.52 bits per heavy atom. The van der Waals surface area contributed by atoms with E-state index in [0.29, 0.717) is 10.6 Å². The van der Waals surface area contributed by atoms with Gasteiger partial charge < -0.3 is 10.2 Å². The van der Waals surface area contributed by atoms with Crippen LogP contribution in [0.15, 0.2) is 41.3 Å². The first-order valence-corrected chi connectivity index (χ1v) is 10.8. The SMILES string of the molecule is Cc1cc(NC(=O)CCS(=O)(=O)c2ccc3c(c2)CCC3)ccc1N(C)C. The van der Waals surface area contributed by atoms with E-state index in [0.717, 1.165) is 36.1 Å². The maximum atomic E-state index is 12.6. The molecule has 27 heavy (non-hydrogen) atoms. The maximum Gasteiger partial charge on any atom is 0.225 e. The lowest BCUT2D eigenvalue weighted by molar-refractivity contribution is -0.115. The summed E-state index contributed by atoms with van der Waals surface area (Å²) in [6.45, 7) is 1.98. The zero-order valence-corrected chi connectivity index (χ0v) is 16.9. The van der Waals surface area contributed by atoms with Crippen LogP contribution < -0.4 is 10.2 Å². The van der Waals surface area contributed by atoms with Crippen molar-refractivity contribution in [2.24, 2.45) is 0 Å². The molecule has 5 nitrogen and oxygen atoms in total. The number of benzene rings is 2. The van der Waals surface area contributed by atoms with Gasteiger partial charge in [-0.05, 0) is 73.2 Å². The topological polar surface area (TPSA) is 66.5 Å². The van der Waals surface area contributed by atoms with Gasteiger partial charge in [0.2, 0.25) is 5.91 Å². The van der Waals surface area contributed by atoms with Crippen LogP contribution >= 0.6 is 0 Å². The van der Waals surface area contributed by atoms with E-state index < -0.39 is 9.84 Å². The molecular formula is C21H26N2O3S. The number of nitrogens with one attached hydrogen (secondary N) is 1. The summed E-state index contributed by atoms with van der Waals surface area (Å²) >= 11 is 0. The number of aryl methyl sites for hydroxylation is 3. The number of hydrogen-bond acceptors (Lipinski definition) is 4. The van der Waals surface area contributed by atoms with Gasteiger partial charge in [0.15, 0.2) is 9.84 Å². The molecule has 0 aliphatic heterocycles. The summed E-state index contributed by atoms with van der Waals surface area (Å²) in [5.41, 5.74) is 5.16. The van der Waals surface area contributed by atoms with Gasteiger partial charge in [0.25, 0.3) is 0 Å². The van der Waals surface area contributed by atoms with Crippen LogP contribution in [0.4, 0.5) is 11.4 Å². The minimum absolute atomic E-state index is 0.0616. The molecule has 0 aromatic heterocycles. The van der Waals surface area contributed by atoms with E-state index >= 15 is 0 Å². The fourth-order valence-corrected chi connectivity index (χ4v) is 4.83. The van der Waals surface area contributed by atoms with E-state index in [1.807, 2.05) is 50.2 Å². The average Bonchev–Trinajstić information content (AvgIpc) is 3.07. The monoisotopic (exact) mass is 386 g/mol. The molecule has 0 heterocycles. The third-order valence-corrected chi connectivity index (χ3v) is 6.70. The van der Waals surface area contributed by atoms with Gasteiger partial charge in [0.05, 0.1) is 10.6 Å². The molecule has 0 atom stereocenters. The number of fused-ring (bicyclic) bond motifs is 1. The Morgan fingerprint density at radius 1 is 1.07 bits per heavy atom. The van der Waals surface area contributed by atoms with E-state index in [1.165, 1.54) is 5.56 Å². The smallest absolute Gasteiger partial charge is 0.225 e. The molecule has 2 aromatic rings. The predicted octanol–water partition coefficient (Wildman–Crippen LogP) is 3.35. The maximum absolute atomic E-state index is 12.6. The standard InChI is InChI=1S/C21H26N2O3S/c1-15-13-18(8-10-20(15)23(2)3)22-21(24)11-12-27(25,26)19-9-7-16-5-4-6-17(16)14-19/h7-10,13-14H,4-6,11-12H2,1-3H3,(H,22,24). The lowest BCUT2D eigenvalue weighted by atomic mass is 10.1. The van der Waals surface area contributed by atoms with Crippen molar-refractivity contribution < 1.29 is 13.2 Å². The Bertz CT molecular complexity index is 965. The van der Waals surface area contributed by atoms with E-state index in [9.17, 15) is 13.2 Å². The van der Waals surface area contributed by atoms with Crippen molar-refractivity contribution in [3.63, 3.8) is 0 Å². The number of hydrogen-bond donors (Lipinski definition) is 1. The molecule has 1 amide bonds. The van der Waals surface area contributed by atoms with Crippen molar-refractivity contribution in [2.45, 2.75) is 37.5 Å². The Hall–Kier alpha value is -2.34. The second-order valence-electron chi connectivity index (χ2n) is 7.30. The highest BCUT2D eigenvalue weighted by Gasteiger charge is 2.20. The number of nitrogens with zero attached hydrogens (tertiary/aromatic N) is 1. The fraction of sp³-hybridized carbons (Fsp3) is 0.381. The summed E-state index contributed by atoms with van der Waals surface area (Å²) in [5, 5.41) is 2.79. The van der Waals surface area contributed by atoms with Crippen LogP contribution in [0.5, 0.6) is 0 Å². The van der Waals surface area contributed by atoms with Gasteiger partial charge >= 0.3 is 0 Å². The molecule has 1 aliphatic rings. The molecule has 0 saturated heterocycles. The second kappa shape index (κ2) is 7.72. The largest absolute Gasteiger partial charge is 0.377 e. The molecule has 3 rings (SSSR count). The lowest BCUT2D eigenvalue weighted by Gasteiger charge is -2.16. The summed E-state index contributed by atoms with van der Waals surface area (Å²) in [4.78, 5) is 14.5. The molecule has 144 valence electrons. The molecule has 1 aliphatic carbocycles. The molecule has 0 unspecified atom stereocenters. The van der Waals surface area contributed by atoms with Gasteiger partial charge in [0, 0.05) is 31.9 Å². The van der Waals surface area contributed by atoms with Gasteiger partial charge in [-0.2, -0.15) is 0 Å². The van der Waals surface area contributed by atoms with Crippen LogP contribution in [0.3, 0.4) is 0 Å². The van der Waals surface area contributed by atoms with Crippen LogP contribution in [-0.4, -0.2) is 34.2 Å². The summed E-state index contributed by atoms with van der Waals surface area (Å²) in [6.07, 6.45) is 2.97. The zero-order chi connectivity index (χ0) is 19.6. The van der Waals surface area contributed by atoms with Crippen LogP contribution in [0.2, 0.25) is 0 Å². The van der Waals surface area contributed by atoms with Crippen LogP contribution in [-0.2, 0) is 27.5 Å². The molecule has 2 aromatic carbocycles. The minimum atomic E-state index is -3.46. The number of carbonyl (C=O) groups excluding carboxylic acids is 1. The molecule has 0 spiro atoms. The van der Waals surface area contributed by atoms with E-state index in [1.54, 1.807) is 12.1 Å². The van der Waals surface area contributed by atoms with Crippen molar-refractivity contribution in [1.82, 2.24) is 0 Å². The van der Waals surface area contributed by atoms with Gasteiger partial charge in [-0.3, -0.25) is 4.79 Å². The van der Waals surface area contributed by atoms with Crippen molar-refractivity contribution in [3.05, 3.63) is 53.1 Å². The molecule has 1 N–H and O–H groups in total. The lowest BCUT2D eigenvalue weighted by Crippen LogP contribution is -2.18. The van der Waals surface area contributed by atoms with Crippen molar-refractivity contribution in [2.75, 3.05) is 30.1 Å². The van der Waals surface area contributed by atoms with E-state index in [2.05, 4.69) is 5.32 Å². The summed E-state index contributed by atoms with van der Waals surface area (Å²) in [7, 11) is 0.463. The second-order valence-corrected chi connectivity index (χ2v) is 9.41. The van der Waals surface area contributed by atoms with Gasteiger partial charge in [-0.1, -0.05) is 6.07 Å². The van der Waals surface area contributed by atoms with Crippen LogP contribution in [0, 0.1) is 6.92 Å². The number of sulfone groups is 1. The first-order valence-electron chi connectivity index (χ1n) is 9.19. The Kier molecular flexibility index (Phi) is 5.56. The third-order valence-electron chi connectivity index (χ3n) is 4.99. The molecule has 0 saturated carbocycles. The predicted molar refractivity (Wildman–Crippen MR) is 109 cm³/mol. The number of carbonyl (C=O) groups is 1. The minimum Gasteiger partial charge on any atom is -0.377 e. The van der Waals surface area contributed by atoms with E-state index in [-0.39, 0.29) is 18.1 Å². The highest BCUT2D eigenvalue weighted by atomic mass is 32.2. The highest BCUT2D eigenvalue weighted by molar-refractivity contribution is 7.91. The summed E-state index contributed by atoms with van der Waals surface area (Å²) in [5.74, 6) is -0.483. The average molecular weight is 387 g/mol. The Balaban J connectivity index is 1.62. The van der Waals surface area contributed by atoms with Gasteiger partial charge in [-0.25, -0.2) is 8.42 Å². The molecular weight excluding hydrogens is 360 g/mol. The molecule has 0 bridgehead atoms.